The van der Waals surface area contributed by atoms with Crippen molar-refractivity contribution in [3.63, 3.8) is 0 Å². The Balaban J connectivity index is 1.56. The van der Waals surface area contributed by atoms with Crippen molar-refractivity contribution in [2.75, 3.05) is 5.75 Å². The topological polar surface area (TPSA) is 49.4 Å². The molecule has 1 aliphatic rings. The van der Waals surface area contributed by atoms with Crippen molar-refractivity contribution in [3.8, 4) is 0 Å². The van der Waals surface area contributed by atoms with E-state index < -0.39 is 6.04 Å². The van der Waals surface area contributed by atoms with Crippen LogP contribution in [0.1, 0.15) is 47.9 Å². The average molecular weight is 580 g/mol. The molecule has 1 unspecified atom stereocenters. The van der Waals surface area contributed by atoms with Gasteiger partial charge < -0.3 is 10.2 Å². The molecule has 1 atom stereocenters. The van der Waals surface area contributed by atoms with Gasteiger partial charge >= 0.3 is 0 Å². The van der Waals surface area contributed by atoms with Crippen LogP contribution in [0.2, 0.25) is 0 Å². The van der Waals surface area contributed by atoms with Crippen molar-refractivity contribution in [1.29, 1.82) is 0 Å². The largest absolute Gasteiger partial charge is 0.352 e. The number of hydrogen-bond acceptors (Lipinski definition) is 3. The van der Waals surface area contributed by atoms with Gasteiger partial charge in [-0.25, -0.2) is 0 Å². The van der Waals surface area contributed by atoms with Crippen LogP contribution in [0.15, 0.2) is 83.3 Å². The first-order chi connectivity index (χ1) is 18.0. The van der Waals surface area contributed by atoms with E-state index >= 15 is 0 Å². The molecule has 6 heteroatoms. The van der Waals surface area contributed by atoms with Gasteiger partial charge in [0.2, 0.25) is 11.8 Å². The second-order valence-electron chi connectivity index (χ2n) is 9.83. The number of hydrogen-bond donors (Lipinski definition) is 1. The van der Waals surface area contributed by atoms with Crippen LogP contribution in [0, 0.1) is 6.92 Å². The second-order valence-corrected chi connectivity index (χ2v) is 11.7. The summed E-state index contributed by atoms with van der Waals surface area (Å²) in [5.74, 6) is 1.01. The fourth-order valence-corrected chi connectivity index (χ4v) is 6.09. The van der Waals surface area contributed by atoms with Crippen LogP contribution in [-0.2, 0) is 28.3 Å². The summed E-state index contributed by atoms with van der Waals surface area (Å²) in [4.78, 5) is 29.3. The molecule has 0 radical (unpaired) electrons. The molecule has 0 aliphatic heterocycles. The lowest BCUT2D eigenvalue weighted by molar-refractivity contribution is -0.139. The van der Waals surface area contributed by atoms with E-state index in [0.29, 0.717) is 18.7 Å². The molecule has 0 heterocycles. The van der Waals surface area contributed by atoms with Crippen LogP contribution < -0.4 is 5.32 Å². The Kier molecular flexibility index (Phi) is 10.3. The molecule has 1 saturated carbocycles. The van der Waals surface area contributed by atoms with Gasteiger partial charge in [-0.1, -0.05) is 101 Å². The van der Waals surface area contributed by atoms with Gasteiger partial charge in [-0.3, -0.25) is 9.59 Å². The van der Waals surface area contributed by atoms with Gasteiger partial charge in [0.25, 0.3) is 0 Å². The first-order valence-electron chi connectivity index (χ1n) is 13.0. The number of thioether (sulfide) groups is 1. The predicted molar refractivity (Wildman–Crippen MR) is 156 cm³/mol. The molecule has 0 bridgehead atoms. The molecule has 37 heavy (non-hydrogen) atoms. The smallest absolute Gasteiger partial charge is 0.243 e. The number of carbonyl (C=O) groups excluding carboxylic acids is 2. The summed E-state index contributed by atoms with van der Waals surface area (Å²) in [7, 11) is 0. The monoisotopic (exact) mass is 578 g/mol. The summed E-state index contributed by atoms with van der Waals surface area (Å²) in [6.07, 6.45) is 4.79. The minimum Gasteiger partial charge on any atom is -0.352 e. The Hall–Kier alpha value is -2.57. The van der Waals surface area contributed by atoms with Gasteiger partial charge in [0.15, 0.2) is 0 Å². The van der Waals surface area contributed by atoms with E-state index in [-0.39, 0.29) is 17.9 Å². The van der Waals surface area contributed by atoms with Crippen LogP contribution in [-0.4, -0.2) is 34.6 Å². The molecule has 4 rings (SSSR count). The Morgan fingerprint density at radius 3 is 2.35 bits per heavy atom. The average Bonchev–Trinajstić information content (AvgIpc) is 3.41. The Morgan fingerprint density at radius 2 is 1.65 bits per heavy atom. The molecule has 0 saturated heterocycles. The molecule has 1 N–H and O–H groups in total. The van der Waals surface area contributed by atoms with Crippen molar-refractivity contribution >= 4 is 39.5 Å². The number of amides is 2. The number of nitrogens with one attached hydrogen (secondary N) is 1. The molecule has 194 valence electrons. The van der Waals surface area contributed by atoms with E-state index in [1.165, 1.54) is 11.1 Å². The molecule has 4 nitrogen and oxygen atoms in total. The highest BCUT2D eigenvalue weighted by Crippen LogP contribution is 2.22. The van der Waals surface area contributed by atoms with Crippen molar-refractivity contribution < 1.29 is 9.59 Å². The summed E-state index contributed by atoms with van der Waals surface area (Å²) in [6, 6.07) is 26.0. The van der Waals surface area contributed by atoms with Gasteiger partial charge in [0.05, 0.1) is 5.75 Å². The Morgan fingerprint density at radius 1 is 0.946 bits per heavy atom. The molecule has 0 aromatic heterocycles. The quantitative estimate of drug-likeness (QED) is 0.276. The summed E-state index contributed by atoms with van der Waals surface area (Å²) >= 11 is 5.15. The van der Waals surface area contributed by atoms with Gasteiger partial charge in [-0.05, 0) is 48.6 Å². The summed E-state index contributed by atoms with van der Waals surface area (Å²) in [6.45, 7) is 2.46. The Labute approximate surface area is 233 Å². The van der Waals surface area contributed by atoms with Crippen LogP contribution in [0.5, 0.6) is 0 Å². The molecular weight excluding hydrogens is 544 g/mol. The lowest BCUT2D eigenvalue weighted by Gasteiger charge is -2.32. The standard InChI is InChI=1S/C31H35BrN2O2S/c1-23-14-16-25(17-15-23)21-37-22-30(35)34(20-26-10-7-11-27(32)18-26)29(19-24-8-3-2-4-9-24)31(36)33-28-12-5-6-13-28/h2-4,7-11,14-18,28-29H,5-6,12-13,19-22H2,1H3,(H,33,36). The third kappa shape index (κ3) is 8.47. The van der Waals surface area contributed by atoms with Crippen molar-refractivity contribution in [3.05, 3.63) is 106 Å². The highest BCUT2D eigenvalue weighted by Gasteiger charge is 2.32. The molecule has 3 aromatic carbocycles. The fourth-order valence-electron chi connectivity index (χ4n) is 4.78. The maximum absolute atomic E-state index is 13.8. The first kappa shape index (κ1) is 27.5. The minimum atomic E-state index is -0.575. The van der Waals surface area contributed by atoms with E-state index in [4.69, 9.17) is 0 Å². The maximum Gasteiger partial charge on any atom is 0.243 e. The van der Waals surface area contributed by atoms with E-state index in [1.54, 1.807) is 16.7 Å². The third-order valence-electron chi connectivity index (χ3n) is 6.83. The lowest BCUT2D eigenvalue weighted by Crippen LogP contribution is -2.52. The third-order valence-corrected chi connectivity index (χ3v) is 8.31. The zero-order chi connectivity index (χ0) is 26.0. The molecule has 2 amide bonds. The number of carbonyl (C=O) groups is 2. The van der Waals surface area contributed by atoms with E-state index in [9.17, 15) is 9.59 Å². The van der Waals surface area contributed by atoms with Crippen LogP contribution in [0.3, 0.4) is 0 Å². The highest BCUT2D eigenvalue weighted by molar-refractivity contribution is 9.10. The van der Waals surface area contributed by atoms with E-state index in [2.05, 4.69) is 52.4 Å². The van der Waals surface area contributed by atoms with Crippen molar-refractivity contribution in [2.45, 2.75) is 63.4 Å². The number of rotatable bonds is 11. The molecule has 1 fully saturated rings. The summed E-state index contributed by atoms with van der Waals surface area (Å²) < 4.78 is 0.959. The molecule has 0 spiro atoms. The molecule has 3 aromatic rings. The summed E-state index contributed by atoms with van der Waals surface area (Å²) in [5, 5.41) is 3.27. The molecule has 1 aliphatic carbocycles. The summed E-state index contributed by atoms with van der Waals surface area (Å²) in [5.41, 5.74) is 4.47. The minimum absolute atomic E-state index is 0.0143. The maximum atomic E-state index is 13.8. The predicted octanol–water partition coefficient (Wildman–Crippen LogP) is 6.69. The fraction of sp³-hybridized carbons (Fsp3) is 0.355. The number of nitrogens with zero attached hydrogens (tertiary/aromatic N) is 1. The van der Waals surface area contributed by atoms with Gasteiger partial charge in [-0.15, -0.1) is 11.8 Å². The zero-order valence-electron chi connectivity index (χ0n) is 21.4. The van der Waals surface area contributed by atoms with Crippen LogP contribution in [0.4, 0.5) is 0 Å². The first-order valence-corrected chi connectivity index (χ1v) is 14.9. The molecular formula is C31H35BrN2O2S. The Bertz CT molecular complexity index is 1160. The van der Waals surface area contributed by atoms with E-state index in [1.807, 2.05) is 54.6 Å². The van der Waals surface area contributed by atoms with Gasteiger partial charge in [-0.2, -0.15) is 0 Å². The van der Waals surface area contributed by atoms with Crippen molar-refractivity contribution in [1.82, 2.24) is 10.2 Å². The zero-order valence-corrected chi connectivity index (χ0v) is 23.8. The van der Waals surface area contributed by atoms with Crippen LogP contribution >= 0.6 is 27.7 Å². The van der Waals surface area contributed by atoms with Gasteiger partial charge in [0, 0.05) is 29.2 Å². The highest BCUT2D eigenvalue weighted by atomic mass is 79.9. The van der Waals surface area contributed by atoms with Crippen molar-refractivity contribution in [2.24, 2.45) is 0 Å². The van der Waals surface area contributed by atoms with E-state index in [0.717, 1.165) is 47.0 Å². The van der Waals surface area contributed by atoms with Crippen LogP contribution in [0.25, 0.3) is 0 Å². The normalized spacial score (nSPS) is 14.3. The lowest BCUT2D eigenvalue weighted by atomic mass is 10.0. The second kappa shape index (κ2) is 13.8. The number of benzene rings is 3. The SMILES string of the molecule is Cc1ccc(CSCC(=O)N(Cc2cccc(Br)c2)C(Cc2ccccc2)C(=O)NC2CCCC2)cc1. The number of aryl methyl sites for hydroxylation is 1. The van der Waals surface area contributed by atoms with Gasteiger partial charge in [0.1, 0.15) is 6.04 Å². The number of halogens is 1.